The van der Waals surface area contributed by atoms with Crippen molar-refractivity contribution in [2.75, 3.05) is 6.61 Å². The molecule has 0 radical (unpaired) electrons. The fraction of sp³-hybridized carbons (Fsp3) is 1.00. The van der Waals surface area contributed by atoms with Crippen molar-refractivity contribution in [2.24, 2.45) is 0 Å². The maximum atomic E-state index is 9.25. The Morgan fingerprint density at radius 3 is 2.36 bits per heavy atom. The fourth-order valence-corrected chi connectivity index (χ4v) is 3.35. The molecule has 0 unspecified atom stereocenters. The molecule has 1 rings (SSSR count). The van der Waals surface area contributed by atoms with Crippen molar-refractivity contribution in [3.63, 3.8) is 0 Å². The average Bonchev–Trinajstić information content (AvgIpc) is 2.01. The summed E-state index contributed by atoms with van der Waals surface area (Å²) in [5.74, 6) is 0. The third-order valence-electron chi connectivity index (χ3n) is 1.79. The van der Waals surface area contributed by atoms with Crippen LogP contribution >= 0.6 is 0 Å². The predicted molar refractivity (Wildman–Crippen MR) is 39.4 cm³/mol. The molecule has 1 saturated heterocycles. The molecule has 0 aromatic carbocycles. The summed E-state index contributed by atoms with van der Waals surface area (Å²) in [6.45, 7) is -0.106. The van der Waals surface area contributed by atoms with Crippen molar-refractivity contribution in [1.82, 2.24) is 0 Å². The molecule has 0 amide bonds. The number of rotatable bonds is 1. The minimum atomic E-state index is -1.08. The van der Waals surface area contributed by atoms with Crippen LogP contribution in [0.2, 0.25) is 10.1 Å². The van der Waals surface area contributed by atoms with E-state index >= 15 is 0 Å². The van der Waals surface area contributed by atoms with Crippen molar-refractivity contribution in [1.29, 1.82) is 0 Å². The van der Waals surface area contributed by atoms with E-state index in [9.17, 15) is 5.11 Å². The molecule has 4 atom stereocenters. The molecule has 1 heterocycles. The van der Waals surface area contributed by atoms with Gasteiger partial charge in [-0.2, -0.15) is 0 Å². The van der Waals surface area contributed by atoms with E-state index in [1.54, 1.807) is 0 Å². The van der Waals surface area contributed by atoms with Crippen LogP contribution < -0.4 is 0 Å². The zero-order valence-corrected chi connectivity index (χ0v) is 7.63. The molecule has 5 heteroatoms. The minimum absolute atomic E-state index is 0.0345. The molecule has 1 fully saturated rings. The Kier molecular flexibility index (Phi) is 3.30. The molecule has 0 saturated carbocycles. The monoisotopic (exact) mass is 228 g/mol. The van der Waals surface area contributed by atoms with Crippen LogP contribution in [0.15, 0.2) is 0 Å². The molecule has 11 heavy (non-hydrogen) atoms. The SMILES string of the molecule is OC[C@@H]1[Se]C[C@@H](O)[C@@H](O)[C@H]1O. The summed E-state index contributed by atoms with van der Waals surface area (Å²) in [6.07, 6.45) is -2.85. The van der Waals surface area contributed by atoms with Gasteiger partial charge in [0, 0.05) is 0 Å². The molecule has 0 aromatic rings. The van der Waals surface area contributed by atoms with Crippen LogP contribution in [0.5, 0.6) is 0 Å². The third-order valence-corrected chi connectivity index (χ3v) is 4.70. The van der Waals surface area contributed by atoms with Crippen LogP contribution in [0.3, 0.4) is 0 Å². The Hall–Kier alpha value is 0.359. The van der Waals surface area contributed by atoms with Gasteiger partial charge in [-0.05, 0) is 0 Å². The summed E-state index contributed by atoms with van der Waals surface area (Å²) in [5.41, 5.74) is 0. The first kappa shape index (κ1) is 9.45. The van der Waals surface area contributed by atoms with Crippen molar-refractivity contribution in [2.45, 2.75) is 28.4 Å². The van der Waals surface area contributed by atoms with Crippen LogP contribution in [-0.4, -0.2) is 60.3 Å². The molecule has 66 valence electrons. The predicted octanol–water partition coefficient (Wildman–Crippen LogP) is -2.01. The summed E-state index contributed by atoms with van der Waals surface area (Å²) in [5, 5.41) is 36.7. The number of aliphatic hydroxyl groups is 4. The zero-order valence-electron chi connectivity index (χ0n) is 5.92. The molecule has 0 aromatic heterocycles. The second-order valence-electron chi connectivity index (χ2n) is 2.60. The molecule has 4 nitrogen and oxygen atoms in total. The van der Waals surface area contributed by atoms with Crippen LogP contribution in [-0.2, 0) is 0 Å². The summed E-state index contributed by atoms with van der Waals surface area (Å²) in [6, 6.07) is 0. The summed E-state index contributed by atoms with van der Waals surface area (Å²) < 4.78 is 0. The van der Waals surface area contributed by atoms with Gasteiger partial charge in [0.05, 0.1) is 0 Å². The number of aliphatic hydroxyl groups excluding tert-OH is 4. The standard InChI is InChI=1S/C6H12O4Se/c7-1-4-6(10)5(9)3(8)2-11-4/h3-10H,1-2H2/t3-,4+,5-,6+/m1/s1. The van der Waals surface area contributed by atoms with Gasteiger partial charge in [-0.3, -0.25) is 0 Å². The zero-order chi connectivity index (χ0) is 8.43. The van der Waals surface area contributed by atoms with Gasteiger partial charge in [-0.15, -0.1) is 0 Å². The van der Waals surface area contributed by atoms with Gasteiger partial charge in [0.1, 0.15) is 0 Å². The molecule has 0 aliphatic carbocycles. The summed E-state index contributed by atoms with van der Waals surface area (Å²) >= 11 is 0.0345. The van der Waals surface area contributed by atoms with E-state index in [0.717, 1.165) is 0 Å². The van der Waals surface area contributed by atoms with Crippen LogP contribution in [0.1, 0.15) is 0 Å². The Morgan fingerprint density at radius 2 is 1.82 bits per heavy atom. The van der Waals surface area contributed by atoms with Gasteiger partial charge in [-0.25, -0.2) is 0 Å². The van der Waals surface area contributed by atoms with E-state index in [-0.39, 0.29) is 26.4 Å². The average molecular weight is 227 g/mol. The van der Waals surface area contributed by atoms with Crippen molar-refractivity contribution < 1.29 is 20.4 Å². The quantitative estimate of drug-likeness (QED) is 0.390. The van der Waals surface area contributed by atoms with Crippen LogP contribution in [0, 0.1) is 0 Å². The summed E-state index contributed by atoms with van der Waals surface area (Å²) in [4.78, 5) is -0.221. The number of hydrogen-bond acceptors (Lipinski definition) is 4. The van der Waals surface area contributed by atoms with Crippen molar-refractivity contribution in [3.8, 4) is 0 Å². The fourth-order valence-electron chi connectivity index (χ4n) is 1.03. The molecule has 1 aliphatic heterocycles. The van der Waals surface area contributed by atoms with Crippen LogP contribution in [0.25, 0.3) is 0 Å². The first-order valence-corrected chi connectivity index (χ1v) is 5.63. The van der Waals surface area contributed by atoms with E-state index in [1.165, 1.54) is 0 Å². The van der Waals surface area contributed by atoms with Gasteiger partial charge in [0.15, 0.2) is 0 Å². The Morgan fingerprint density at radius 1 is 1.18 bits per heavy atom. The van der Waals surface area contributed by atoms with E-state index in [0.29, 0.717) is 5.32 Å². The van der Waals surface area contributed by atoms with E-state index in [1.807, 2.05) is 0 Å². The Bertz CT molecular complexity index is 130. The third kappa shape index (κ3) is 1.93. The Labute approximate surface area is 71.0 Å². The van der Waals surface area contributed by atoms with Gasteiger partial charge in [0.25, 0.3) is 0 Å². The topological polar surface area (TPSA) is 80.9 Å². The Balaban J connectivity index is 2.52. The molecular weight excluding hydrogens is 215 g/mol. The molecular formula is C6H12O4Se. The number of hydrogen-bond donors (Lipinski definition) is 4. The van der Waals surface area contributed by atoms with Gasteiger partial charge < -0.3 is 0 Å². The second kappa shape index (κ2) is 3.85. The molecule has 0 spiro atoms. The first-order valence-electron chi connectivity index (χ1n) is 3.43. The maximum absolute atomic E-state index is 9.25. The second-order valence-corrected chi connectivity index (χ2v) is 5.27. The van der Waals surface area contributed by atoms with E-state index in [2.05, 4.69) is 0 Å². The summed E-state index contributed by atoms with van der Waals surface area (Å²) in [7, 11) is 0. The first-order chi connectivity index (χ1) is 5.16. The van der Waals surface area contributed by atoms with Gasteiger partial charge >= 0.3 is 70.4 Å². The molecule has 0 bridgehead atoms. The normalized spacial score (nSPS) is 45.8. The van der Waals surface area contributed by atoms with Crippen molar-refractivity contribution >= 4 is 15.0 Å². The van der Waals surface area contributed by atoms with E-state index in [4.69, 9.17) is 15.3 Å². The van der Waals surface area contributed by atoms with Gasteiger partial charge in [0.2, 0.25) is 0 Å². The van der Waals surface area contributed by atoms with Crippen LogP contribution in [0.4, 0.5) is 0 Å². The van der Waals surface area contributed by atoms with Crippen molar-refractivity contribution in [3.05, 3.63) is 0 Å². The molecule has 4 N–H and O–H groups in total. The molecule has 1 aliphatic rings. The van der Waals surface area contributed by atoms with E-state index < -0.39 is 18.3 Å². The van der Waals surface area contributed by atoms with Gasteiger partial charge in [-0.1, -0.05) is 0 Å².